The quantitative estimate of drug-likeness (QED) is 0.772. The van der Waals surface area contributed by atoms with Crippen molar-refractivity contribution in [3.05, 3.63) is 40.5 Å². The van der Waals surface area contributed by atoms with Crippen molar-refractivity contribution in [3.63, 3.8) is 0 Å². The second kappa shape index (κ2) is 6.60. The van der Waals surface area contributed by atoms with E-state index >= 15 is 0 Å². The summed E-state index contributed by atoms with van der Waals surface area (Å²) in [5.74, 6) is 0.564. The highest BCUT2D eigenvalue weighted by molar-refractivity contribution is 5.46. The molecule has 0 aliphatic heterocycles. The Bertz CT molecular complexity index is 429. The normalized spacial score (nSPS) is 12.3. The molecule has 1 rings (SSSR count). The molecule has 100 valence electrons. The van der Waals surface area contributed by atoms with E-state index in [0.717, 1.165) is 24.0 Å². The molecule has 0 radical (unpaired) electrons. The van der Waals surface area contributed by atoms with E-state index < -0.39 is 0 Å². The number of benzene rings is 1. The minimum Gasteiger partial charge on any atom is -0.507 e. The number of phenols is 1. The van der Waals surface area contributed by atoms with Gasteiger partial charge in [0.1, 0.15) is 5.75 Å². The van der Waals surface area contributed by atoms with E-state index in [9.17, 15) is 10.2 Å². The molecule has 18 heavy (non-hydrogen) atoms. The van der Waals surface area contributed by atoms with Crippen molar-refractivity contribution in [2.45, 2.75) is 53.1 Å². The maximum atomic E-state index is 10.2. The highest BCUT2D eigenvalue weighted by atomic mass is 16.3. The van der Waals surface area contributed by atoms with E-state index in [1.165, 1.54) is 5.57 Å². The number of rotatable bonds is 5. The molecule has 0 aliphatic rings. The molecule has 0 aliphatic carbocycles. The Morgan fingerprint density at radius 1 is 1.33 bits per heavy atom. The summed E-state index contributed by atoms with van der Waals surface area (Å²) in [5, 5.41) is 19.5. The number of aryl methyl sites for hydroxylation is 1. The molecule has 0 bridgehead atoms. The second-order valence-corrected chi connectivity index (χ2v) is 5.22. The third-order valence-corrected chi connectivity index (χ3v) is 3.39. The summed E-state index contributed by atoms with van der Waals surface area (Å²) in [5.41, 5.74) is 3.86. The molecule has 2 nitrogen and oxygen atoms in total. The molecule has 0 heterocycles. The van der Waals surface area contributed by atoms with E-state index in [2.05, 4.69) is 26.8 Å². The van der Waals surface area contributed by atoms with Gasteiger partial charge in [0, 0.05) is 5.56 Å². The van der Waals surface area contributed by atoms with Crippen LogP contribution in [0.25, 0.3) is 0 Å². The highest BCUT2D eigenvalue weighted by Gasteiger charge is 2.14. The maximum absolute atomic E-state index is 10.2. The average Bonchev–Trinajstić information content (AvgIpc) is 2.29. The first kappa shape index (κ1) is 14.8. The smallest absolute Gasteiger partial charge is 0.124 e. The van der Waals surface area contributed by atoms with Crippen LogP contribution in [0.15, 0.2) is 23.8 Å². The Kier molecular flexibility index (Phi) is 5.42. The van der Waals surface area contributed by atoms with E-state index in [1.54, 1.807) is 0 Å². The molecular formula is C16H24O2. The van der Waals surface area contributed by atoms with E-state index in [0.29, 0.717) is 11.5 Å². The van der Waals surface area contributed by atoms with Crippen LogP contribution in [0.4, 0.5) is 0 Å². The predicted molar refractivity (Wildman–Crippen MR) is 75.8 cm³/mol. The highest BCUT2D eigenvalue weighted by Crippen LogP contribution is 2.33. The molecule has 0 amide bonds. The molecule has 0 saturated heterocycles. The summed E-state index contributed by atoms with van der Waals surface area (Å²) in [6, 6.07) is 3.94. The summed E-state index contributed by atoms with van der Waals surface area (Å²) in [7, 11) is 0. The number of aromatic hydroxyl groups is 1. The topological polar surface area (TPSA) is 40.5 Å². The molecular weight excluding hydrogens is 224 g/mol. The lowest BCUT2D eigenvalue weighted by molar-refractivity contribution is 0.274. The van der Waals surface area contributed by atoms with Crippen LogP contribution >= 0.6 is 0 Å². The molecule has 1 atom stereocenters. The monoisotopic (exact) mass is 248 g/mol. The molecule has 0 aromatic heterocycles. The van der Waals surface area contributed by atoms with Gasteiger partial charge in [-0.15, -0.1) is 0 Å². The zero-order valence-corrected chi connectivity index (χ0v) is 11.8. The van der Waals surface area contributed by atoms with Crippen LogP contribution in [0, 0.1) is 6.92 Å². The third kappa shape index (κ3) is 3.61. The van der Waals surface area contributed by atoms with Gasteiger partial charge >= 0.3 is 0 Å². The van der Waals surface area contributed by atoms with Crippen LogP contribution in [-0.4, -0.2) is 10.2 Å². The molecule has 1 aromatic rings. The van der Waals surface area contributed by atoms with E-state index in [-0.39, 0.29) is 12.4 Å². The van der Waals surface area contributed by atoms with Crippen LogP contribution < -0.4 is 0 Å². The van der Waals surface area contributed by atoms with Crippen LogP contribution in [0.5, 0.6) is 5.75 Å². The Labute approximate surface area is 110 Å². The van der Waals surface area contributed by atoms with Gasteiger partial charge in [-0.2, -0.15) is 0 Å². The van der Waals surface area contributed by atoms with Crippen LogP contribution in [0.2, 0.25) is 0 Å². The van der Waals surface area contributed by atoms with Crippen LogP contribution in [-0.2, 0) is 6.61 Å². The minimum absolute atomic E-state index is 0.105. The Morgan fingerprint density at radius 2 is 2.00 bits per heavy atom. The lowest BCUT2D eigenvalue weighted by atomic mass is 9.91. The number of hydrogen-bond acceptors (Lipinski definition) is 2. The molecule has 2 N–H and O–H groups in total. The summed E-state index contributed by atoms with van der Waals surface area (Å²) in [6.07, 6.45) is 4.24. The average molecular weight is 248 g/mol. The number of allylic oxidation sites excluding steroid dienone is 2. The van der Waals surface area contributed by atoms with Gasteiger partial charge in [0.2, 0.25) is 0 Å². The first-order chi connectivity index (χ1) is 8.47. The number of aliphatic hydroxyl groups excluding tert-OH is 1. The van der Waals surface area contributed by atoms with Gasteiger partial charge in [-0.1, -0.05) is 30.7 Å². The zero-order valence-electron chi connectivity index (χ0n) is 11.8. The van der Waals surface area contributed by atoms with Crippen molar-refractivity contribution in [1.29, 1.82) is 0 Å². The Hall–Kier alpha value is -1.28. The number of aliphatic hydroxyl groups is 1. The van der Waals surface area contributed by atoms with Crippen molar-refractivity contribution in [3.8, 4) is 5.75 Å². The van der Waals surface area contributed by atoms with Crippen molar-refractivity contribution in [2.24, 2.45) is 0 Å². The first-order valence-electron chi connectivity index (χ1n) is 6.53. The zero-order chi connectivity index (χ0) is 13.7. The fourth-order valence-corrected chi connectivity index (χ4v) is 2.13. The van der Waals surface area contributed by atoms with Gasteiger partial charge in [-0.3, -0.25) is 0 Å². The van der Waals surface area contributed by atoms with Gasteiger partial charge in [0.25, 0.3) is 0 Å². The van der Waals surface area contributed by atoms with Gasteiger partial charge in [0.05, 0.1) is 6.61 Å². The van der Waals surface area contributed by atoms with Gasteiger partial charge in [-0.25, -0.2) is 0 Å². The lowest BCUT2D eigenvalue weighted by Gasteiger charge is -2.16. The SMILES string of the molecule is CC(C)=CCC[C@H](C)c1ccc(C)c(CO)c1O. The Balaban J connectivity index is 2.86. The summed E-state index contributed by atoms with van der Waals surface area (Å²) in [6.45, 7) is 8.11. The lowest BCUT2D eigenvalue weighted by Crippen LogP contribution is -1.99. The molecule has 0 saturated carbocycles. The maximum Gasteiger partial charge on any atom is 0.124 e. The van der Waals surface area contributed by atoms with Crippen molar-refractivity contribution in [2.75, 3.05) is 0 Å². The summed E-state index contributed by atoms with van der Waals surface area (Å²) in [4.78, 5) is 0. The van der Waals surface area contributed by atoms with Crippen molar-refractivity contribution < 1.29 is 10.2 Å². The van der Waals surface area contributed by atoms with Gasteiger partial charge in [-0.05, 0) is 50.7 Å². The van der Waals surface area contributed by atoms with Crippen molar-refractivity contribution in [1.82, 2.24) is 0 Å². The van der Waals surface area contributed by atoms with Crippen molar-refractivity contribution >= 4 is 0 Å². The summed E-state index contributed by atoms with van der Waals surface area (Å²) < 4.78 is 0. The predicted octanol–water partition coefficient (Wildman–Crippen LogP) is 4.04. The van der Waals surface area contributed by atoms with Gasteiger partial charge < -0.3 is 10.2 Å². The first-order valence-corrected chi connectivity index (χ1v) is 6.53. The molecule has 1 aromatic carbocycles. The van der Waals surface area contributed by atoms with E-state index in [1.807, 2.05) is 19.1 Å². The van der Waals surface area contributed by atoms with Crippen LogP contribution in [0.1, 0.15) is 56.2 Å². The fourth-order valence-electron chi connectivity index (χ4n) is 2.13. The molecule has 2 heteroatoms. The largest absolute Gasteiger partial charge is 0.507 e. The summed E-state index contributed by atoms with van der Waals surface area (Å²) >= 11 is 0. The molecule has 0 spiro atoms. The van der Waals surface area contributed by atoms with Crippen LogP contribution in [0.3, 0.4) is 0 Å². The second-order valence-electron chi connectivity index (χ2n) is 5.22. The minimum atomic E-state index is -0.105. The standard InChI is InChI=1S/C16H24O2/c1-11(2)6-5-7-12(3)14-9-8-13(4)15(10-17)16(14)18/h6,8-9,12,17-18H,5,7,10H2,1-4H3/t12-/m0/s1. The Morgan fingerprint density at radius 3 is 2.56 bits per heavy atom. The van der Waals surface area contributed by atoms with E-state index in [4.69, 9.17) is 0 Å². The van der Waals surface area contributed by atoms with Gasteiger partial charge in [0.15, 0.2) is 0 Å². The fraction of sp³-hybridized carbons (Fsp3) is 0.500. The molecule has 0 unspecified atom stereocenters. The third-order valence-electron chi connectivity index (χ3n) is 3.39. The molecule has 0 fully saturated rings. The number of hydrogen-bond donors (Lipinski definition) is 2.